The number of rotatable bonds is 18. The number of hydrogen-bond donors (Lipinski definition) is 6. The molecular weight excluding hydrogens is 580 g/mol. The summed E-state index contributed by atoms with van der Waals surface area (Å²) < 4.78 is 2.46. The molecule has 244 valence electrons. The summed E-state index contributed by atoms with van der Waals surface area (Å²) in [6, 6.07) is 0.838. The molecule has 2 aromatic rings. The van der Waals surface area contributed by atoms with Crippen molar-refractivity contribution in [2.75, 3.05) is 24.6 Å². The number of aryl methyl sites for hydroxylation is 2. The van der Waals surface area contributed by atoms with Crippen molar-refractivity contribution in [3.8, 4) is 0 Å². The molecule has 0 radical (unpaired) electrons. The Morgan fingerprint density at radius 1 is 0.727 bits per heavy atom. The van der Waals surface area contributed by atoms with Gasteiger partial charge in [-0.1, -0.05) is 0 Å². The first-order valence-corrected chi connectivity index (χ1v) is 14.1. The van der Waals surface area contributed by atoms with Crippen LogP contribution in [0.4, 0.5) is 11.6 Å². The van der Waals surface area contributed by atoms with E-state index in [-0.39, 0.29) is 37.6 Å². The van der Waals surface area contributed by atoms with E-state index in [0.29, 0.717) is 38.8 Å². The van der Waals surface area contributed by atoms with Crippen molar-refractivity contribution in [1.29, 1.82) is 0 Å². The number of nitrogens with zero attached hydrogens (tertiary/aromatic N) is 4. The maximum absolute atomic E-state index is 11.8. The fourth-order valence-corrected chi connectivity index (χ4v) is 3.75. The molecule has 0 aromatic carbocycles. The fraction of sp³-hybridized carbons (Fsp3) is 0.538. The van der Waals surface area contributed by atoms with E-state index < -0.39 is 47.2 Å². The molecule has 0 fully saturated rings. The summed E-state index contributed by atoms with van der Waals surface area (Å²) in [6.07, 6.45) is 6.24. The van der Waals surface area contributed by atoms with E-state index in [0.717, 1.165) is 12.8 Å². The average Bonchev–Trinajstić information content (AvgIpc) is 2.95. The summed E-state index contributed by atoms with van der Waals surface area (Å²) in [5.74, 6) is -3.35. The Balaban J connectivity index is 0.000000440. The molecule has 44 heavy (non-hydrogen) atoms. The van der Waals surface area contributed by atoms with Crippen LogP contribution in [0.2, 0.25) is 0 Å². The molecule has 0 spiro atoms. The van der Waals surface area contributed by atoms with Gasteiger partial charge in [0.2, 0.25) is 11.8 Å². The first kappa shape index (κ1) is 37.2. The van der Waals surface area contributed by atoms with E-state index in [9.17, 15) is 39.0 Å². The molecule has 2 amide bonds. The third-order valence-electron chi connectivity index (χ3n) is 6.18. The molecule has 18 heteroatoms. The van der Waals surface area contributed by atoms with Gasteiger partial charge in [0.25, 0.3) is 0 Å². The van der Waals surface area contributed by atoms with Gasteiger partial charge in [-0.25, -0.2) is 9.59 Å². The number of nitrogens with two attached hydrogens (primary N) is 2. The van der Waals surface area contributed by atoms with Crippen molar-refractivity contribution in [2.24, 2.45) is 0 Å². The number of amides is 2. The van der Waals surface area contributed by atoms with Gasteiger partial charge in [-0.05, 0) is 50.7 Å². The molecule has 2 atom stereocenters. The second-order valence-electron chi connectivity index (χ2n) is 9.73. The Bertz CT molecular complexity index is 1250. The minimum atomic E-state index is -1.32. The highest BCUT2D eigenvalue weighted by molar-refractivity contribution is 5.83. The first-order valence-electron chi connectivity index (χ1n) is 14.1. The molecule has 0 saturated carbocycles. The Morgan fingerprint density at radius 3 is 1.39 bits per heavy atom. The zero-order chi connectivity index (χ0) is 33.1. The van der Waals surface area contributed by atoms with Crippen LogP contribution in [-0.4, -0.2) is 68.0 Å². The summed E-state index contributed by atoms with van der Waals surface area (Å²) in [7, 11) is 0. The molecule has 2 rings (SSSR count). The van der Waals surface area contributed by atoms with Crippen LogP contribution >= 0.6 is 0 Å². The number of unbranched alkanes of at least 4 members (excludes halogenated alkanes) is 2. The SMILES string of the molecule is Nc1ccn(CCC(=O)N[C@@H](CCCC[NH3+])C(=O)[O-])c(=O)n1.Nc1ccn(CCC(=O)N[C@@H](CCCC[NH3+])C(=O)[O-])c(=O)n1. The monoisotopic (exact) mass is 622 g/mol. The van der Waals surface area contributed by atoms with Crippen LogP contribution in [0.1, 0.15) is 51.4 Å². The third kappa shape index (κ3) is 14.9. The number of aromatic nitrogens is 4. The summed E-state index contributed by atoms with van der Waals surface area (Å²) in [5.41, 5.74) is 16.9. The molecule has 0 aliphatic rings. The predicted molar refractivity (Wildman–Crippen MR) is 152 cm³/mol. The number of anilines is 2. The molecule has 0 aliphatic carbocycles. The zero-order valence-corrected chi connectivity index (χ0v) is 24.6. The molecule has 0 aliphatic heterocycles. The smallest absolute Gasteiger partial charge is 0.349 e. The van der Waals surface area contributed by atoms with Crippen LogP contribution in [0.15, 0.2) is 34.1 Å². The van der Waals surface area contributed by atoms with Crippen molar-refractivity contribution >= 4 is 35.4 Å². The number of carboxylic acid groups (broad SMARTS) is 2. The lowest BCUT2D eigenvalue weighted by Crippen LogP contribution is -2.51. The van der Waals surface area contributed by atoms with Crippen molar-refractivity contribution < 1.29 is 40.9 Å². The molecule has 0 unspecified atom stereocenters. The predicted octanol–water partition coefficient (Wildman–Crippen LogP) is -6.28. The van der Waals surface area contributed by atoms with Gasteiger partial charge in [-0.3, -0.25) is 18.7 Å². The third-order valence-corrected chi connectivity index (χ3v) is 6.18. The molecule has 18 nitrogen and oxygen atoms in total. The Kier molecular flexibility index (Phi) is 17.0. The van der Waals surface area contributed by atoms with E-state index in [1.807, 2.05) is 0 Å². The van der Waals surface area contributed by atoms with Gasteiger partial charge in [0.1, 0.15) is 11.6 Å². The van der Waals surface area contributed by atoms with Gasteiger partial charge < -0.3 is 53.4 Å². The largest absolute Gasteiger partial charge is 0.548 e. The second-order valence-corrected chi connectivity index (χ2v) is 9.73. The van der Waals surface area contributed by atoms with Crippen molar-refractivity contribution in [3.05, 3.63) is 45.5 Å². The van der Waals surface area contributed by atoms with Gasteiger partial charge >= 0.3 is 11.4 Å². The number of nitrogens with one attached hydrogen (secondary N) is 2. The highest BCUT2D eigenvalue weighted by atomic mass is 16.4. The standard InChI is InChI=1S/2C13H21N5O4/c2*14-6-2-1-3-9(12(20)21)16-11(19)5-8-18-7-4-10(15)17-13(18)22/h2*4,7,9H,1-3,5-6,8,14H2,(H,16,19)(H,20,21)(H2,15,17,22)/t2*9-/m00/s1. The average molecular weight is 623 g/mol. The number of carbonyl (C=O) groups is 4. The molecule has 2 heterocycles. The molecule has 2 aromatic heterocycles. The normalized spacial score (nSPS) is 11.9. The Morgan fingerprint density at radius 2 is 1.09 bits per heavy atom. The van der Waals surface area contributed by atoms with Crippen LogP contribution in [0.25, 0.3) is 0 Å². The lowest BCUT2D eigenvalue weighted by atomic mass is 10.1. The highest BCUT2D eigenvalue weighted by Gasteiger charge is 2.15. The summed E-state index contributed by atoms with van der Waals surface area (Å²) in [6.45, 7) is 1.61. The van der Waals surface area contributed by atoms with Gasteiger partial charge in [0.05, 0.1) is 37.1 Å². The van der Waals surface area contributed by atoms with Gasteiger partial charge in [-0.15, -0.1) is 0 Å². The molecule has 0 bridgehead atoms. The minimum Gasteiger partial charge on any atom is -0.548 e. The number of aliphatic carboxylic acids is 2. The van der Waals surface area contributed by atoms with Gasteiger partial charge in [-0.2, -0.15) is 9.97 Å². The summed E-state index contributed by atoms with van der Waals surface area (Å²) in [5, 5.41) is 26.7. The summed E-state index contributed by atoms with van der Waals surface area (Å²) >= 11 is 0. The maximum Gasteiger partial charge on any atom is 0.349 e. The van der Waals surface area contributed by atoms with E-state index in [4.69, 9.17) is 11.5 Å². The fourth-order valence-electron chi connectivity index (χ4n) is 3.75. The maximum atomic E-state index is 11.8. The number of quaternary nitrogens is 2. The zero-order valence-electron chi connectivity index (χ0n) is 24.6. The van der Waals surface area contributed by atoms with Crippen molar-refractivity contribution in [2.45, 2.75) is 76.5 Å². The highest BCUT2D eigenvalue weighted by Crippen LogP contribution is 2.02. The van der Waals surface area contributed by atoms with Crippen LogP contribution in [0.5, 0.6) is 0 Å². The number of nitrogen functional groups attached to an aromatic ring is 2. The first-order chi connectivity index (χ1) is 20.9. The van der Waals surface area contributed by atoms with E-state index >= 15 is 0 Å². The molecular formula is C26H42N10O8. The van der Waals surface area contributed by atoms with Crippen molar-refractivity contribution in [3.63, 3.8) is 0 Å². The van der Waals surface area contributed by atoms with E-state index in [1.54, 1.807) is 0 Å². The van der Waals surface area contributed by atoms with Crippen LogP contribution < -0.4 is 55.2 Å². The molecule has 0 saturated heterocycles. The quantitative estimate of drug-likeness (QED) is 0.0846. The van der Waals surface area contributed by atoms with Gasteiger partial charge in [0, 0.05) is 38.3 Å². The number of carboxylic acids is 2. The van der Waals surface area contributed by atoms with Crippen LogP contribution in [-0.2, 0) is 32.3 Å². The van der Waals surface area contributed by atoms with E-state index in [1.165, 1.54) is 33.7 Å². The lowest BCUT2D eigenvalue weighted by molar-refractivity contribution is -0.369. The minimum absolute atomic E-state index is 0.0371. The van der Waals surface area contributed by atoms with Crippen LogP contribution in [0, 0.1) is 0 Å². The van der Waals surface area contributed by atoms with Gasteiger partial charge in [0.15, 0.2) is 0 Å². The molecule has 12 N–H and O–H groups in total. The Hall–Kier alpha value is -4.84. The lowest BCUT2D eigenvalue weighted by Gasteiger charge is -2.19. The summed E-state index contributed by atoms with van der Waals surface area (Å²) in [4.78, 5) is 75.5. The Labute approximate surface area is 252 Å². The number of hydrogen-bond acceptors (Lipinski definition) is 12. The van der Waals surface area contributed by atoms with Crippen molar-refractivity contribution in [1.82, 2.24) is 29.7 Å². The van der Waals surface area contributed by atoms with E-state index in [2.05, 4.69) is 32.1 Å². The topological polar surface area (TPSA) is 316 Å². The van der Waals surface area contributed by atoms with Crippen LogP contribution in [0.3, 0.4) is 0 Å². The second kappa shape index (κ2) is 20.1. The number of carbonyl (C=O) groups excluding carboxylic acids is 4.